The van der Waals surface area contributed by atoms with Crippen LogP contribution in [0.5, 0.6) is 0 Å². The Balaban J connectivity index is 2.43. The van der Waals surface area contributed by atoms with Gasteiger partial charge in [-0.15, -0.1) is 0 Å². The van der Waals surface area contributed by atoms with Crippen molar-refractivity contribution in [1.82, 2.24) is 5.32 Å². The van der Waals surface area contributed by atoms with Crippen molar-refractivity contribution in [2.45, 2.75) is 40.5 Å². The summed E-state index contributed by atoms with van der Waals surface area (Å²) in [7, 11) is 0. The lowest BCUT2D eigenvalue weighted by Crippen LogP contribution is -2.41. The molecule has 2 unspecified atom stereocenters. The lowest BCUT2D eigenvalue weighted by molar-refractivity contribution is 0.108. The summed E-state index contributed by atoms with van der Waals surface area (Å²) < 4.78 is 5.60. The van der Waals surface area contributed by atoms with Gasteiger partial charge in [0.25, 0.3) is 0 Å². The summed E-state index contributed by atoms with van der Waals surface area (Å²) >= 11 is 0. The first-order valence-corrected chi connectivity index (χ1v) is 6.39. The van der Waals surface area contributed by atoms with Gasteiger partial charge in [-0.05, 0) is 24.8 Å². The lowest BCUT2D eigenvalue weighted by atomic mass is 9.74. The number of hydrogen-bond acceptors (Lipinski definition) is 2. The Morgan fingerprint density at radius 3 is 2.53 bits per heavy atom. The topological polar surface area (TPSA) is 21.3 Å². The molecule has 1 N–H and O–H groups in total. The molecule has 0 amide bonds. The Morgan fingerprint density at radius 2 is 2.07 bits per heavy atom. The predicted molar refractivity (Wildman–Crippen MR) is 65.0 cm³/mol. The van der Waals surface area contributed by atoms with E-state index in [0.29, 0.717) is 5.41 Å². The molecule has 1 aliphatic heterocycles. The molecule has 90 valence electrons. The molecule has 0 radical (unpaired) electrons. The summed E-state index contributed by atoms with van der Waals surface area (Å²) in [6.45, 7) is 13.3. The smallest absolute Gasteiger partial charge is 0.0538 e. The fraction of sp³-hybridized carbons (Fsp3) is 1.00. The zero-order valence-corrected chi connectivity index (χ0v) is 10.8. The largest absolute Gasteiger partial charge is 0.381 e. The van der Waals surface area contributed by atoms with E-state index >= 15 is 0 Å². The molecule has 2 nitrogen and oxygen atoms in total. The SMILES string of the molecule is CCC(C)C1(CNCC(C)C)CCOC1. The highest BCUT2D eigenvalue weighted by atomic mass is 16.5. The third-order valence-corrected chi connectivity index (χ3v) is 3.82. The molecule has 0 aromatic heterocycles. The number of ether oxygens (including phenoxy) is 1. The van der Waals surface area contributed by atoms with Crippen molar-refractivity contribution < 1.29 is 4.74 Å². The van der Waals surface area contributed by atoms with Crippen LogP contribution < -0.4 is 5.32 Å². The molecule has 0 spiro atoms. The maximum absolute atomic E-state index is 5.60. The van der Waals surface area contributed by atoms with Crippen LogP contribution in [0.15, 0.2) is 0 Å². The minimum atomic E-state index is 0.406. The summed E-state index contributed by atoms with van der Waals surface area (Å²) in [4.78, 5) is 0. The van der Waals surface area contributed by atoms with Crippen LogP contribution in [0.2, 0.25) is 0 Å². The van der Waals surface area contributed by atoms with Gasteiger partial charge < -0.3 is 10.1 Å². The second-order valence-corrected chi connectivity index (χ2v) is 5.50. The highest BCUT2D eigenvalue weighted by Crippen LogP contribution is 2.37. The van der Waals surface area contributed by atoms with Gasteiger partial charge in [-0.25, -0.2) is 0 Å². The van der Waals surface area contributed by atoms with Crippen LogP contribution in [0.3, 0.4) is 0 Å². The Hall–Kier alpha value is -0.0800. The molecule has 1 fully saturated rings. The second-order valence-electron chi connectivity index (χ2n) is 5.50. The monoisotopic (exact) mass is 213 g/mol. The zero-order valence-electron chi connectivity index (χ0n) is 10.8. The van der Waals surface area contributed by atoms with Crippen molar-refractivity contribution >= 4 is 0 Å². The van der Waals surface area contributed by atoms with Gasteiger partial charge in [0.2, 0.25) is 0 Å². The molecule has 0 bridgehead atoms. The summed E-state index contributed by atoms with van der Waals surface area (Å²) in [5, 5.41) is 3.60. The first-order valence-electron chi connectivity index (χ1n) is 6.39. The van der Waals surface area contributed by atoms with E-state index in [1.165, 1.54) is 12.8 Å². The van der Waals surface area contributed by atoms with E-state index in [4.69, 9.17) is 4.74 Å². The van der Waals surface area contributed by atoms with E-state index in [-0.39, 0.29) is 0 Å². The van der Waals surface area contributed by atoms with Crippen LogP contribution in [-0.4, -0.2) is 26.3 Å². The molecule has 1 heterocycles. The summed E-state index contributed by atoms with van der Waals surface area (Å²) in [5.74, 6) is 1.50. The maximum Gasteiger partial charge on any atom is 0.0538 e. The normalized spacial score (nSPS) is 28.6. The van der Waals surface area contributed by atoms with Gasteiger partial charge in [0.1, 0.15) is 0 Å². The molecule has 0 aromatic rings. The standard InChI is InChI=1S/C13H27NO/c1-5-12(4)13(6-7-15-10-13)9-14-8-11(2)3/h11-12,14H,5-10H2,1-4H3. The lowest BCUT2D eigenvalue weighted by Gasteiger charge is -2.34. The Morgan fingerprint density at radius 1 is 1.33 bits per heavy atom. The van der Waals surface area contributed by atoms with Gasteiger partial charge in [-0.1, -0.05) is 34.1 Å². The van der Waals surface area contributed by atoms with Crippen LogP contribution in [0.4, 0.5) is 0 Å². The molecule has 0 aliphatic carbocycles. The molecule has 2 atom stereocenters. The van der Waals surface area contributed by atoms with Crippen LogP contribution in [-0.2, 0) is 4.74 Å². The molecule has 1 rings (SSSR count). The number of nitrogens with one attached hydrogen (secondary N) is 1. The third kappa shape index (κ3) is 3.46. The predicted octanol–water partition coefficient (Wildman–Crippen LogP) is 2.68. The summed E-state index contributed by atoms with van der Waals surface area (Å²) in [6, 6.07) is 0. The molecule has 15 heavy (non-hydrogen) atoms. The van der Waals surface area contributed by atoms with Crippen molar-refractivity contribution in [3.05, 3.63) is 0 Å². The molecule has 2 heteroatoms. The van der Waals surface area contributed by atoms with Crippen molar-refractivity contribution in [2.75, 3.05) is 26.3 Å². The van der Waals surface area contributed by atoms with Crippen molar-refractivity contribution in [2.24, 2.45) is 17.3 Å². The van der Waals surface area contributed by atoms with Crippen LogP contribution in [0, 0.1) is 17.3 Å². The van der Waals surface area contributed by atoms with E-state index in [1.807, 2.05) is 0 Å². The minimum absolute atomic E-state index is 0.406. The van der Waals surface area contributed by atoms with Crippen molar-refractivity contribution in [1.29, 1.82) is 0 Å². The van der Waals surface area contributed by atoms with E-state index in [9.17, 15) is 0 Å². The van der Waals surface area contributed by atoms with Crippen LogP contribution in [0.1, 0.15) is 40.5 Å². The Bertz CT molecular complexity index is 173. The third-order valence-electron chi connectivity index (χ3n) is 3.82. The van der Waals surface area contributed by atoms with E-state index in [1.54, 1.807) is 0 Å². The summed E-state index contributed by atoms with van der Waals surface area (Å²) in [5.41, 5.74) is 0.406. The molecular formula is C13H27NO. The average molecular weight is 213 g/mol. The number of rotatable bonds is 6. The van der Waals surface area contributed by atoms with E-state index in [2.05, 4.69) is 33.0 Å². The molecule has 0 saturated carbocycles. The highest BCUT2D eigenvalue weighted by Gasteiger charge is 2.38. The van der Waals surface area contributed by atoms with Gasteiger partial charge >= 0.3 is 0 Å². The Kier molecular flexibility index (Phi) is 5.07. The maximum atomic E-state index is 5.60. The van der Waals surface area contributed by atoms with Gasteiger partial charge in [-0.2, -0.15) is 0 Å². The fourth-order valence-corrected chi connectivity index (χ4v) is 2.37. The van der Waals surface area contributed by atoms with Gasteiger partial charge in [0, 0.05) is 18.6 Å². The van der Waals surface area contributed by atoms with Crippen LogP contribution >= 0.6 is 0 Å². The van der Waals surface area contributed by atoms with Gasteiger partial charge in [-0.3, -0.25) is 0 Å². The molecule has 0 aromatic carbocycles. The molecular weight excluding hydrogens is 186 g/mol. The highest BCUT2D eigenvalue weighted by molar-refractivity contribution is 4.89. The number of hydrogen-bond donors (Lipinski definition) is 1. The van der Waals surface area contributed by atoms with Crippen LogP contribution in [0.25, 0.3) is 0 Å². The van der Waals surface area contributed by atoms with E-state index in [0.717, 1.165) is 38.1 Å². The van der Waals surface area contributed by atoms with Crippen molar-refractivity contribution in [3.8, 4) is 0 Å². The quantitative estimate of drug-likeness (QED) is 0.732. The van der Waals surface area contributed by atoms with Crippen molar-refractivity contribution in [3.63, 3.8) is 0 Å². The fourth-order valence-electron chi connectivity index (χ4n) is 2.37. The zero-order chi connectivity index (χ0) is 11.3. The molecule has 1 aliphatic rings. The first kappa shape index (κ1) is 13.0. The Labute approximate surface area is 94.8 Å². The minimum Gasteiger partial charge on any atom is -0.381 e. The molecule has 1 saturated heterocycles. The van der Waals surface area contributed by atoms with E-state index < -0.39 is 0 Å². The van der Waals surface area contributed by atoms with Gasteiger partial charge in [0.15, 0.2) is 0 Å². The average Bonchev–Trinajstić information content (AvgIpc) is 2.66. The second kappa shape index (κ2) is 5.86. The summed E-state index contributed by atoms with van der Waals surface area (Å²) in [6.07, 6.45) is 2.49. The first-order chi connectivity index (χ1) is 7.10. The van der Waals surface area contributed by atoms with Gasteiger partial charge in [0.05, 0.1) is 6.61 Å².